The van der Waals surface area contributed by atoms with Crippen molar-refractivity contribution in [1.82, 2.24) is 4.90 Å². The van der Waals surface area contributed by atoms with E-state index >= 15 is 0 Å². The number of carbonyl (C=O) groups is 2. The van der Waals surface area contributed by atoms with E-state index in [0.717, 1.165) is 23.6 Å². The van der Waals surface area contributed by atoms with Gasteiger partial charge in [0.2, 0.25) is 5.91 Å². The summed E-state index contributed by atoms with van der Waals surface area (Å²) in [6.07, 6.45) is -3.83. The molecule has 1 fully saturated rings. The van der Waals surface area contributed by atoms with E-state index in [9.17, 15) is 22.8 Å². The molecule has 0 saturated carbocycles. The van der Waals surface area contributed by atoms with Gasteiger partial charge in [0.05, 0.1) is 17.0 Å². The Morgan fingerprint density at radius 3 is 2.33 bits per heavy atom. The first-order valence-electron chi connectivity index (χ1n) is 10.4. The van der Waals surface area contributed by atoms with Crippen molar-refractivity contribution in [3.63, 3.8) is 0 Å². The molecule has 4 rings (SSSR count). The van der Waals surface area contributed by atoms with Crippen molar-refractivity contribution < 1.29 is 22.8 Å². The maximum absolute atomic E-state index is 13.2. The molecular formula is C25H21F3N2O2S. The van der Waals surface area contributed by atoms with Crippen LogP contribution in [-0.2, 0) is 17.4 Å². The molecule has 3 aromatic carbocycles. The fourth-order valence-electron chi connectivity index (χ4n) is 3.70. The summed E-state index contributed by atoms with van der Waals surface area (Å²) < 4.78 is 39.5. The van der Waals surface area contributed by atoms with E-state index in [2.05, 4.69) is 5.32 Å². The summed E-state index contributed by atoms with van der Waals surface area (Å²) in [7, 11) is 0. The predicted molar refractivity (Wildman–Crippen MR) is 123 cm³/mol. The number of hydrogen-bond donors (Lipinski definition) is 1. The van der Waals surface area contributed by atoms with E-state index < -0.39 is 17.6 Å². The molecular weight excluding hydrogens is 449 g/mol. The molecule has 0 unspecified atom stereocenters. The molecule has 33 heavy (non-hydrogen) atoms. The van der Waals surface area contributed by atoms with Crippen LogP contribution < -0.4 is 5.32 Å². The van der Waals surface area contributed by atoms with Gasteiger partial charge in [0.1, 0.15) is 5.37 Å². The minimum atomic E-state index is -4.57. The highest BCUT2D eigenvalue weighted by atomic mass is 32.2. The molecule has 1 N–H and O–H groups in total. The van der Waals surface area contributed by atoms with E-state index in [1.807, 2.05) is 35.2 Å². The number of alkyl halides is 3. The molecule has 1 aliphatic rings. The quantitative estimate of drug-likeness (QED) is 0.497. The molecule has 1 atom stereocenters. The number of benzene rings is 3. The largest absolute Gasteiger partial charge is 0.418 e. The zero-order valence-electron chi connectivity index (χ0n) is 17.5. The molecule has 3 aromatic rings. The Hall–Kier alpha value is -3.26. The second-order valence-electron chi connectivity index (χ2n) is 7.61. The third-order valence-corrected chi connectivity index (χ3v) is 6.65. The smallest absolute Gasteiger partial charge is 0.326 e. The average Bonchev–Trinajstić information content (AvgIpc) is 3.18. The Morgan fingerprint density at radius 2 is 1.64 bits per heavy atom. The summed E-state index contributed by atoms with van der Waals surface area (Å²) in [5.41, 5.74) is 1.06. The third-order valence-electron chi connectivity index (χ3n) is 5.39. The molecule has 2 amide bonds. The second-order valence-corrected chi connectivity index (χ2v) is 8.67. The SMILES string of the molecule is O=C(Nc1ccccc1C(F)(F)F)c1ccc([C@@H]2SCC(=O)N2CCc2ccccc2)cc1. The minimum Gasteiger partial charge on any atom is -0.326 e. The van der Waals surface area contributed by atoms with Crippen LogP contribution in [0.3, 0.4) is 0 Å². The number of halogens is 3. The van der Waals surface area contributed by atoms with Crippen molar-refractivity contribution in [2.24, 2.45) is 0 Å². The van der Waals surface area contributed by atoms with Crippen LogP contribution in [0.2, 0.25) is 0 Å². The van der Waals surface area contributed by atoms with Crippen molar-refractivity contribution in [2.45, 2.75) is 18.0 Å². The van der Waals surface area contributed by atoms with Crippen LogP contribution in [0.1, 0.15) is 32.4 Å². The number of nitrogens with one attached hydrogen (secondary N) is 1. The lowest BCUT2D eigenvalue weighted by atomic mass is 10.1. The standard InChI is InChI=1S/C25H21F3N2O2S/c26-25(27,28)20-8-4-5-9-21(20)29-23(32)18-10-12-19(13-11-18)24-30(22(31)16-33-24)15-14-17-6-2-1-3-7-17/h1-13,24H,14-16H2,(H,29,32)/t24-/m0/s1. The van der Waals surface area contributed by atoms with Gasteiger partial charge in [-0.15, -0.1) is 11.8 Å². The number of hydrogen-bond acceptors (Lipinski definition) is 3. The first-order valence-corrected chi connectivity index (χ1v) is 11.4. The molecule has 0 bridgehead atoms. The van der Waals surface area contributed by atoms with Crippen molar-refractivity contribution in [2.75, 3.05) is 17.6 Å². The molecule has 170 valence electrons. The summed E-state index contributed by atoms with van der Waals surface area (Å²) in [5, 5.41) is 2.19. The van der Waals surface area contributed by atoms with Gasteiger partial charge in [-0.1, -0.05) is 54.6 Å². The normalized spacial score (nSPS) is 16.2. The summed E-state index contributed by atoms with van der Waals surface area (Å²) >= 11 is 1.52. The van der Waals surface area contributed by atoms with E-state index in [1.165, 1.54) is 30.0 Å². The Balaban J connectivity index is 1.45. The third kappa shape index (κ3) is 5.39. The van der Waals surface area contributed by atoms with E-state index in [-0.39, 0.29) is 22.5 Å². The fourth-order valence-corrected chi connectivity index (χ4v) is 4.92. The highest BCUT2D eigenvalue weighted by Crippen LogP contribution is 2.39. The minimum absolute atomic E-state index is 0.0616. The maximum Gasteiger partial charge on any atom is 0.418 e. The fraction of sp³-hybridized carbons (Fsp3) is 0.200. The summed E-state index contributed by atoms with van der Waals surface area (Å²) in [5.74, 6) is -0.184. The Morgan fingerprint density at radius 1 is 0.970 bits per heavy atom. The van der Waals surface area contributed by atoms with Crippen LogP contribution in [-0.4, -0.2) is 29.0 Å². The van der Waals surface area contributed by atoms with E-state index in [0.29, 0.717) is 12.3 Å². The van der Waals surface area contributed by atoms with Crippen molar-refractivity contribution in [3.8, 4) is 0 Å². The number of para-hydroxylation sites is 1. The van der Waals surface area contributed by atoms with Gasteiger partial charge in [-0.3, -0.25) is 9.59 Å². The van der Waals surface area contributed by atoms with Crippen molar-refractivity contribution in [3.05, 3.63) is 101 Å². The highest BCUT2D eigenvalue weighted by Gasteiger charge is 2.34. The van der Waals surface area contributed by atoms with Crippen molar-refractivity contribution >= 4 is 29.3 Å². The predicted octanol–water partition coefficient (Wildman–Crippen LogP) is 5.77. The Labute approximate surface area is 193 Å². The molecule has 4 nitrogen and oxygen atoms in total. The number of amides is 2. The van der Waals surface area contributed by atoms with Crippen LogP contribution in [0.25, 0.3) is 0 Å². The molecule has 8 heteroatoms. The molecule has 0 radical (unpaired) electrons. The van der Waals surface area contributed by atoms with Crippen molar-refractivity contribution in [1.29, 1.82) is 0 Å². The number of nitrogens with zero attached hydrogens (tertiary/aromatic N) is 1. The van der Waals surface area contributed by atoms with Crippen LogP contribution in [0.5, 0.6) is 0 Å². The summed E-state index contributed by atoms with van der Waals surface area (Å²) in [6.45, 7) is 0.580. The van der Waals surface area contributed by atoms with Gasteiger partial charge in [-0.05, 0) is 41.8 Å². The van der Waals surface area contributed by atoms with Gasteiger partial charge in [-0.25, -0.2) is 0 Å². The lowest BCUT2D eigenvalue weighted by molar-refractivity contribution is -0.137. The molecule has 1 saturated heterocycles. The summed E-state index contributed by atoms with van der Waals surface area (Å²) in [4.78, 5) is 26.8. The van der Waals surface area contributed by atoms with Gasteiger partial charge in [0.15, 0.2) is 0 Å². The number of thioether (sulfide) groups is 1. The number of rotatable bonds is 6. The van der Waals surface area contributed by atoms with Gasteiger partial charge in [-0.2, -0.15) is 13.2 Å². The molecule has 0 aromatic heterocycles. The zero-order valence-corrected chi connectivity index (χ0v) is 18.3. The van der Waals surface area contributed by atoms with Crippen LogP contribution in [0, 0.1) is 0 Å². The monoisotopic (exact) mass is 470 g/mol. The zero-order chi connectivity index (χ0) is 23.4. The van der Waals surface area contributed by atoms with Gasteiger partial charge in [0.25, 0.3) is 5.91 Å². The number of anilines is 1. The lowest BCUT2D eigenvalue weighted by Gasteiger charge is -2.24. The number of carbonyl (C=O) groups excluding carboxylic acids is 2. The summed E-state index contributed by atoms with van der Waals surface area (Å²) in [6, 6.07) is 21.4. The first kappa shape index (κ1) is 22.9. The molecule has 1 aliphatic heterocycles. The van der Waals surface area contributed by atoms with Gasteiger partial charge >= 0.3 is 6.18 Å². The van der Waals surface area contributed by atoms with Crippen LogP contribution in [0.4, 0.5) is 18.9 Å². The van der Waals surface area contributed by atoms with Crippen LogP contribution in [0.15, 0.2) is 78.9 Å². The molecule has 1 heterocycles. The van der Waals surface area contributed by atoms with E-state index in [1.54, 1.807) is 24.3 Å². The van der Waals surface area contributed by atoms with Gasteiger partial charge in [0, 0.05) is 12.1 Å². The highest BCUT2D eigenvalue weighted by molar-refractivity contribution is 8.00. The average molecular weight is 471 g/mol. The molecule has 0 spiro atoms. The topological polar surface area (TPSA) is 49.4 Å². The second kappa shape index (κ2) is 9.70. The van der Waals surface area contributed by atoms with Crippen LogP contribution >= 0.6 is 11.8 Å². The van der Waals surface area contributed by atoms with E-state index in [4.69, 9.17) is 0 Å². The Bertz CT molecular complexity index is 1130. The molecule has 0 aliphatic carbocycles. The first-order chi connectivity index (χ1) is 15.8. The Kier molecular flexibility index (Phi) is 6.74. The van der Waals surface area contributed by atoms with Gasteiger partial charge < -0.3 is 10.2 Å². The lowest BCUT2D eigenvalue weighted by Crippen LogP contribution is -2.30. The maximum atomic E-state index is 13.2.